The van der Waals surface area contributed by atoms with Gasteiger partial charge in [0.05, 0.1) is 0 Å². The maximum absolute atomic E-state index is 9.50. The molecule has 0 aliphatic carbocycles. The third kappa shape index (κ3) is 57.8. The van der Waals surface area contributed by atoms with Crippen molar-refractivity contribution in [2.24, 2.45) is 0 Å². The minimum absolute atomic E-state index is 0. The number of carbonyl (C=O) groups is 6. The van der Waals surface area contributed by atoms with Crippen LogP contribution in [-0.4, -0.2) is 35.8 Å². The number of carboxylic acid groups (broad SMARTS) is 6. The second kappa shape index (κ2) is 22.5. The van der Waals surface area contributed by atoms with Gasteiger partial charge in [-0.05, 0) is 38.5 Å². The van der Waals surface area contributed by atoms with Gasteiger partial charge in [0.25, 0.3) is 0 Å². The molecule has 0 heterocycles. The summed E-state index contributed by atoms with van der Waals surface area (Å²) in [6.07, 6.45) is -2.82. The van der Waals surface area contributed by atoms with E-state index in [4.69, 9.17) is 0 Å². The Morgan fingerprint density at radius 3 is 0.500 bits per heavy atom. The SMILES string of the molecule is O=C([O-])CCC(=O)[O-].O=C([O-])CCC(=O)[O-].O=C([O-])CCC(=O)[O-].[NH4+].[Nb+5]. The van der Waals surface area contributed by atoms with Crippen LogP contribution in [-0.2, 0) is 51.1 Å². The first kappa shape index (κ1) is 34.8. The summed E-state index contributed by atoms with van der Waals surface area (Å²) in [5, 5.41) is 57.0. The summed E-state index contributed by atoms with van der Waals surface area (Å²) in [6, 6.07) is 0. The van der Waals surface area contributed by atoms with E-state index in [0.717, 1.165) is 0 Å². The number of aliphatic carboxylic acids is 6. The van der Waals surface area contributed by atoms with Gasteiger partial charge in [-0.1, -0.05) is 0 Å². The van der Waals surface area contributed by atoms with E-state index in [-0.39, 0.29) is 28.5 Å². The Bertz CT molecular complexity index is 357. The average Bonchev–Trinajstić information content (AvgIpc) is 2.42. The standard InChI is InChI=1S/3C4H6O4.H3N.Nb/c3*5-3(6)1-2-4(7)8;;/h3*1-2H2,(H,5,6)(H,7,8);1H3;/q;;;;+5/p-5. The Morgan fingerprint density at radius 1 is 0.385 bits per heavy atom. The van der Waals surface area contributed by atoms with Crippen molar-refractivity contribution in [3.8, 4) is 0 Å². The molecule has 0 rings (SSSR count). The quantitative estimate of drug-likeness (QED) is 0.315. The fraction of sp³-hybridized carbons (Fsp3) is 0.500. The first-order valence-electron chi connectivity index (χ1n) is 6.07. The van der Waals surface area contributed by atoms with Crippen LogP contribution in [0.25, 0.3) is 0 Å². The second-order valence-corrected chi connectivity index (χ2v) is 3.73. The topological polar surface area (TPSA) is 277 Å². The molecular weight excluding hydrogens is 443 g/mol. The van der Waals surface area contributed by atoms with E-state index in [0.29, 0.717) is 0 Å². The van der Waals surface area contributed by atoms with E-state index in [2.05, 4.69) is 0 Å². The van der Waals surface area contributed by atoms with Gasteiger partial charge in [0.1, 0.15) is 0 Å². The minimum Gasteiger partial charge on any atom is -0.550 e. The summed E-state index contributed by atoms with van der Waals surface area (Å²) in [5.74, 6) is -8.20. The van der Waals surface area contributed by atoms with Crippen LogP contribution in [0.4, 0.5) is 0 Å². The Morgan fingerprint density at radius 2 is 0.462 bits per heavy atom. The van der Waals surface area contributed by atoms with Crippen molar-refractivity contribution in [2.45, 2.75) is 38.5 Å². The predicted molar refractivity (Wildman–Crippen MR) is 63.7 cm³/mol. The summed E-state index contributed by atoms with van der Waals surface area (Å²) in [6.45, 7) is 0. The Kier molecular flexibility index (Phi) is 30.1. The van der Waals surface area contributed by atoms with E-state index in [1.165, 1.54) is 0 Å². The number of carboxylic acids is 6. The molecular formula is C12H16NNbO12. The van der Waals surface area contributed by atoms with Gasteiger partial charge in [-0.25, -0.2) is 0 Å². The van der Waals surface area contributed by atoms with Crippen LogP contribution in [0.5, 0.6) is 0 Å². The van der Waals surface area contributed by atoms with Crippen LogP contribution >= 0.6 is 0 Å². The molecule has 0 bridgehead atoms. The van der Waals surface area contributed by atoms with Gasteiger partial charge in [-0.2, -0.15) is 0 Å². The Balaban J connectivity index is -0.0000000817. The van der Waals surface area contributed by atoms with E-state index in [1.807, 2.05) is 0 Å². The van der Waals surface area contributed by atoms with Crippen LogP contribution in [0.1, 0.15) is 38.5 Å². The van der Waals surface area contributed by atoms with Gasteiger partial charge in [0, 0.05) is 35.8 Å². The van der Waals surface area contributed by atoms with Gasteiger partial charge < -0.3 is 65.6 Å². The molecule has 0 radical (unpaired) electrons. The third-order valence-corrected chi connectivity index (χ3v) is 1.60. The minimum atomic E-state index is -1.37. The molecule has 146 valence electrons. The molecule has 0 amide bonds. The molecule has 0 aromatic carbocycles. The zero-order chi connectivity index (χ0) is 19.7. The van der Waals surface area contributed by atoms with Gasteiger partial charge in [0.2, 0.25) is 0 Å². The van der Waals surface area contributed by atoms with E-state index in [9.17, 15) is 59.4 Å². The molecule has 4 N–H and O–H groups in total. The summed E-state index contributed by atoms with van der Waals surface area (Å²) >= 11 is 0. The average molecular weight is 459 g/mol. The number of quaternary nitrogens is 1. The van der Waals surface area contributed by atoms with Crippen LogP contribution in [0.3, 0.4) is 0 Å². The maximum atomic E-state index is 9.50. The van der Waals surface area contributed by atoms with Crippen LogP contribution in [0, 0.1) is 0 Å². The molecule has 26 heavy (non-hydrogen) atoms. The number of hydrogen-bond donors (Lipinski definition) is 1. The van der Waals surface area contributed by atoms with Crippen LogP contribution < -0.4 is 36.8 Å². The molecule has 0 aromatic heterocycles. The Labute approximate surface area is 162 Å². The third-order valence-electron chi connectivity index (χ3n) is 1.60. The smallest absolute Gasteiger partial charge is 0.550 e. The number of hydrogen-bond acceptors (Lipinski definition) is 12. The maximum Gasteiger partial charge on any atom is 5.00 e. The first-order chi connectivity index (χ1) is 10.9. The molecule has 0 unspecified atom stereocenters. The van der Waals surface area contributed by atoms with E-state index in [1.54, 1.807) is 0 Å². The molecule has 0 atom stereocenters. The van der Waals surface area contributed by atoms with Crippen LogP contribution in [0.2, 0.25) is 0 Å². The molecule has 0 saturated carbocycles. The van der Waals surface area contributed by atoms with Gasteiger partial charge >= 0.3 is 22.4 Å². The van der Waals surface area contributed by atoms with Gasteiger partial charge in [-0.15, -0.1) is 0 Å². The molecule has 0 spiro atoms. The van der Waals surface area contributed by atoms with Crippen molar-refractivity contribution in [1.29, 1.82) is 0 Å². The second-order valence-electron chi connectivity index (χ2n) is 3.73. The summed E-state index contributed by atoms with van der Waals surface area (Å²) in [5.41, 5.74) is 0. The van der Waals surface area contributed by atoms with Crippen molar-refractivity contribution in [3.05, 3.63) is 0 Å². The van der Waals surface area contributed by atoms with Crippen molar-refractivity contribution in [1.82, 2.24) is 6.15 Å². The normalized spacial score (nSPS) is 7.85. The molecule has 14 heteroatoms. The molecule has 0 aliphatic heterocycles. The molecule has 0 aliphatic rings. The van der Waals surface area contributed by atoms with Gasteiger partial charge in [-0.3, -0.25) is 0 Å². The monoisotopic (exact) mass is 459 g/mol. The fourth-order valence-corrected chi connectivity index (χ4v) is 0.612. The molecule has 0 fully saturated rings. The van der Waals surface area contributed by atoms with Crippen molar-refractivity contribution in [2.75, 3.05) is 0 Å². The summed E-state index contributed by atoms with van der Waals surface area (Å²) < 4.78 is 0. The predicted octanol–water partition coefficient (Wildman–Crippen LogP) is -7.83. The molecule has 0 saturated heterocycles. The summed E-state index contributed by atoms with van der Waals surface area (Å²) in [4.78, 5) is 57.0. The largest absolute Gasteiger partial charge is 5.00 e. The van der Waals surface area contributed by atoms with Crippen LogP contribution in [0.15, 0.2) is 0 Å². The molecule has 0 aromatic rings. The zero-order valence-corrected chi connectivity index (χ0v) is 15.8. The van der Waals surface area contributed by atoms with E-state index >= 15 is 0 Å². The molecule has 13 nitrogen and oxygen atoms in total. The van der Waals surface area contributed by atoms with Gasteiger partial charge in [0.15, 0.2) is 0 Å². The van der Waals surface area contributed by atoms with Crippen molar-refractivity contribution < 1.29 is 81.8 Å². The Hall–Kier alpha value is -2.48. The van der Waals surface area contributed by atoms with E-state index < -0.39 is 74.3 Å². The van der Waals surface area contributed by atoms with Crippen molar-refractivity contribution in [3.63, 3.8) is 0 Å². The zero-order valence-electron chi connectivity index (χ0n) is 13.6. The first-order valence-corrected chi connectivity index (χ1v) is 6.07. The van der Waals surface area contributed by atoms with Crippen molar-refractivity contribution >= 4 is 35.8 Å². The number of carbonyl (C=O) groups excluding carboxylic acids is 6. The summed E-state index contributed by atoms with van der Waals surface area (Å²) in [7, 11) is 0. The fourth-order valence-electron chi connectivity index (χ4n) is 0.612. The number of rotatable bonds is 9.